The van der Waals surface area contributed by atoms with Crippen LogP contribution in [0.5, 0.6) is 11.6 Å². The number of benzene rings is 1. The van der Waals surface area contributed by atoms with Gasteiger partial charge in [-0.15, -0.1) is 11.3 Å². The summed E-state index contributed by atoms with van der Waals surface area (Å²) in [7, 11) is 0. The van der Waals surface area contributed by atoms with Crippen molar-refractivity contribution in [3.63, 3.8) is 0 Å². The third kappa shape index (κ3) is 2.94. The number of nitrogens with two attached hydrogens (primary N) is 1. The van der Waals surface area contributed by atoms with Crippen molar-refractivity contribution in [1.29, 1.82) is 0 Å². The fourth-order valence-electron chi connectivity index (χ4n) is 1.90. The van der Waals surface area contributed by atoms with Crippen molar-refractivity contribution in [2.75, 3.05) is 0 Å². The van der Waals surface area contributed by atoms with Crippen molar-refractivity contribution >= 4 is 17.2 Å². The lowest BCUT2D eigenvalue weighted by molar-refractivity contribution is 0.0997. The Bertz CT molecular complexity index is 832. The fourth-order valence-corrected chi connectivity index (χ4v) is 2.52. The topological polar surface area (TPSA) is 91.0 Å². The minimum absolute atomic E-state index is 0.133. The van der Waals surface area contributed by atoms with E-state index in [0.29, 0.717) is 5.75 Å². The van der Waals surface area contributed by atoms with Gasteiger partial charge in [0.1, 0.15) is 17.6 Å². The molecule has 2 aromatic heterocycles. The van der Waals surface area contributed by atoms with Gasteiger partial charge in [0.25, 0.3) is 5.91 Å². The second kappa shape index (κ2) is 5.90. The van der Waals surface area contributed by atoms with E-state index in [1.807, 2.05) is 30.5 Å². The highest BCUT2D eigenvalue weighted by Gasteiger charge is 2.12. The van der Waals surface area contributed by atoms with Crippen LogP contribution in [-0.2, 0) is 0 Å². The molecule has 6 nitrogen and oxygen atoms in total. The first-order valence-corrected chi connectivity index (χ1v) is 7.31. The van der Waals surface area contributed by atoms with Crippen molar-refractivity contribution < 1.29 is 9.53 Å². The summed E-state index contributed by atoms with van der Waals surface area (Å²) >= 11 is 1.58. The maximum Gasteiger partial charge on any atom is 0.255 e. The van der Waals surface area contributed by atoms with Crippen LogP contribution in [0.15, 0.2) is 42.2 Å². The highest BCUT2D eigenvalue weighted by molar-refractivity contribution is 7.09. The summed E-state index contributed by atoms with van der Waals surface area (Å²) in [6, 6.07) is 7.40. The van der Waals surface area contributed by atoms with Crippen LogP contribution >= 0.6 is 11.3 Å². The van der Waals surface area contributed by atoms with E-state index in [4.69, 9.17) is 10.5 Å². The number of amides is 1. The molecule has 22 heavy (non-hydrogen) atoms. The third-order valence-electron chi connectivity index (χ3n) is 2.90. The zero-order valence-electron chi connectivity index (χ0n) is 11.7. The van der Waals surface area contributed by atoms with Crippen LogP contribution in [0, 0.1) is 6.92 Å². The highest BCUT2D eigenvalue weighted by atomic mass is 32.1. The quantitative estimate of drug-likeness (QED) is 0.800. The van der Waals surface area contributed by atoms with Crippen molar-refractivity contribution in [3.8, 4) is 22.9 Å². The van der Waals surface area contributed by atoms with E-state index in [0.717, 1.165) is 16.3 Å². The Labute approximate surface area is 130 Å². The Balaban J connectivity index is 1.92. The zero-order chi connectivity index (χ0) is 15.5. The number of ether oxygens (including phenoxy) is 1. The normalized spacial score (nSPS) is 10.4. The number of primary amides is 1. The number of aryl methyl sites for hydroxylation is 1. The van der Waals surface area contributed by atoms with Crippen LogP contribution in [0.3, 0.4) is 0 Å². The molecular weight excluding hydrogens is 300 g/mol. The van der Waals surface area contributed by atoms with E-state index < -0.39 is 5.91 Å². The maximum atomic E-state index is 11.4. The molecule has 0 aliphatic heterocycles. The van der Waals surface area contributed by atoms with Crippen molar-refractivity contribution in [2.45, 2.75) is 6.92 Å². The summed E-state index contributed by atoms with van der Waals surface area (Å²) in [5.74, 6) is 0.0420. The van der Waals surface area contributed by atoms with Crippen LogP contribution in [-0.4, -0.2) is 20.9 Å². The zero-order valence-corrected chi connectivity index (χ0v) is 12.5. The lowest BCUT2D eigenvalue weighted by Gasteiger charge is -2.08. The van der Waals surface area contributed by atoms with E-state index in [-0.39, 0.29) is 11.4 Å². The molecule has 0 aliphatic carbocycles. The Kier molecular flexibility index (Phi) is 3.80. The van der Waals surface area contributed by atoms with Crippen molar-refractivity contribution in [1.82, 2.24) is 15.0 Å². The van der Waals surface area contributed by atoms with E-state index in [9.17, 15) is 4.79 Å². The SMILES string of the molecule is Cc1nc(-c2cccc(Oc3ncncc3C(N)=O)c2)cs1. The predicted molar refractivity (Wildman–Crippen MR) is 82.9 cm³/mol. The van der Waals surface area contributed by atoms with Gasteiger partial charge < -0.3 is 10.5 Å². The minimum Gasteiger partial charge on any atom is -0.438 e. The van der Waals surface area contributed by atoms with Gasteiger partial charge in [-0.1, -0.05) is 12.1 Å². The second-order valence-electron chi connectivity index (χ2n) is 4.49. The molecule has 0 unspecified atom stereocenters. The molecular formula is C15H12N4O2S. The van der Waals surface area contributed by atoms with Gasteiger partial charge in [0, 0.05) is 17.1 Å². The smallest absolute Gasteiger partial charge is 0.255 e. The molecule has 3 aromatic rings. The van der Waals surface area contributed by atoms with Crippen molar-refractivity contribution in [3.05, 3.63) is 52.7 Å². The molecule has 2 heterocycles. The molecule has 7 heteroatoms. The predicted octanol–water partition coefficient (Wildman–Crippen LogP) is 2.80. The summed E-state index contributed by atoms with van der Waals surface area (Å²) in [6.07, 6.45) is 2.63. The van der Waals surface area contributed by atoms with Gasteiger partial charge in [-0.25, -0.2) is 15.0 Å². The first-order valence-electron chi connectivity index (χ1n) is 6.44. The van der Waals surface area contributed by atoms with Crippen molar-refractivity contribution in [2.24, 2.45) is 5.73 Å². The monoisotopic (exact) mass is 312 g/mol. The van der Waals surface area contributed by atoms with Gasteiger partial charge in [-0.3, -0.25) is 4.79 Å². The molecule has 110 valence electrons. The van der Waals surface area contributed by atoms with Gasteiger partial charge in [0.2, 0.25) is 5.88 Å². The lowest BCUT2D eigenvalue weighted by atomic mass is 10.1. The van der Waals surface area contributed by atoms with E-state index in [2.05, 4.69) is 15.0 Å². The molecule has 0 saturated carbocycles. The van der Waals surface area contributed by atoms with Gasteiger partial charge in [0.15, 0.2) is 0 Å². The number of carbonyl (C=O) groups is 1. The first-order chi connectivity index (χ1) is 10.6. The average Bonchev–Trinajstić information content (AvgIpc) is 2.94. The summed E-state index contributed by atoms with van der Waals surface area (Å²) < 4.78 is 5.66. The van der Waals surface area contributed by atoms with E-state index in [1.54, 1.807) is 17.4 Å². The van der Waals surface area contributed by atoms with Gasteiger partial charge in [-0.05, 0) is 19.1 Å². The molecule has 0 spiro atoms. The molecule has 0 bridgehead atoms. The molecule has 2 N–H and O–H groups in total. The summed E-state index contributed by atoms with van der Waals surface area (Å²) in [5.41, 5.74) is 7.23. The van der Waals surface area contributed by atoms with Crippen LogP contribution < -0.4 is 10.5 Å². The number of nitrogens with zero attached hydrogens (tertiary/aromatic N) is 3. The number of rotatable bonds is 4. The standard InChI is InChI=1S/C15H12N4O2S/c1-9-19-13(7-22-9)10-3-2-4-11(5-10)21-15-12(14(16)20)6-17-8-18-15/h2-8H,1H3,(H2,16,20). The van der Waals surface area contributed by atoms with Crippen LogP contribution in [0.1, 0.15) is 15.4 Å². The van der Waals surface area contributed by atoms with E-state index >= 15 is 0 Å². The Morgan fingerprint density at radius 3 is 2.95 bits per heavy atom. The Morgan fingerprint density at radius 1 is 1.36 bits per heavy atom. The molecule has 0 saturated heterocycles. The molecule has 0 aliphatic rings. The Morgan fingerprint density at radius 2 is 2.23 bits per heavy atom. The molecule has 0 radical (unpaired) electrons. The number of hydrogen-bond donors (Lipinski definition) is 1. The molecule has 0 fully saturated rings. The van der Waals surface area contributed by atoms with Gasteiger partial charge in [-0.2, -0.15) is 0 Å². The number of hydrogen-bond acceptors (Lipinski definition) is 6. The third-order valence-corrected chi connectivity index (χ3v) is 3.68. The van der Waals surface area contributed by atoms with E-state index in [1.165, 1.54) is 12.5 Å². The van der Waals surface area contributed by atoms with Gasteiger partial charge in [0.05, 0.1) is 10.7 Å². The van der Waals surface area contributed by atoms with Crippen LogP contribution in [0.2, 0.25) is 0 Å². The number of aromatic nitrogens is 3. The van der Waals surface area contributed by atoms with Crippen LogP contribution in [0.25, 0.3) is 11.3 Å². The number of thiazole rings is 1. The average molecular weight is 312 g/mol. The number of carbonyl (C=O) groups excluding carboxylic acids is 1. The summed E-state index contributed by atoms with van der Waals surface area (Å²) in [5, 5.41) is 2.97. The largest absolute Gasteiger partial charge is 0.438 e. The van der Waals surface area contributed by atoms with Gasteiger partial charge >= 0.3 is 0 Å². The fraction of sp³-hybridized carbons (Fsp3) is 0.0667. The molecule has 1 aromatic carbocycles. The van der Waals surface area contributed by atoms with Crippen LogP contribution in [0.4, 0.5) is 0 Å². The molecule has 0 atom stereocenters. The first kappa shape index (κ1) is 14.2. The summed E-state index contributed by atoms with van der Waals surface area (Å²) in [6.45, 7) is 1.95. The second-order valence-corrected chi connectivity index (χ2v) is 5.55. The molecule has 3 rings (SSSR count). The Hall–Kier alpha value is -2.80. The maximum absolute atomic E-state index is 11.4. The highest BCUT2D eigenvalue weighted by Crippen LogP contribution is 2.28. The summed E-state index contributed by atoms with van der Waals surface area (Å²) in [4.78, 5) is 23.5. The molecule has 1 amide bonds. The minimum atomic E-state index is -0.637. The lowest BCUT2D eigenvalue weighted by Crippen LogP contribution is -2.13.